The molecule has 152 valence electrons. The van der Waals surface area contributed by atoms with Crippen molar-refractivity contribution in [2.24, 2.45) is 0 Å². The van der Waals surface area contributed by atoms with E-state index in [-0.39, 0.29) is 11.7 Å². The largest absolute Gasteiger partial charge is 0.493 e. The highest BCUT2D eigenvalue weighted by atomic mass is 19.4. The molecule has 1 heterocycles. The van der Waals surface area contributed by atoms with E-state index in [4.69, 9.17) is 18.7 Å². The third-order valence-electron chi connectivity index (χ3n) is 3.89. The van der Waals surface area contributed by atoms with Crippen molar-refractivity contribution in [3.05, 3.63) is 59.5 Å². The molecule has 0 aliphatic carbocycles. The Bertz CT molecular complexity index is 1020. The van der Waals surface area contributed by atoms with E-state index in [0.717, 1.165) is 12.1 Å². The maximum atomic E-state index is 13.0. The number of aromatic nitrogens is 2. The predicted molar refractivity (Wildman–Crippen MR) is 93.4 cm³/mol. The molecule has 0 aliphatic rings. The second-order valence-corrected chi connectivity index (χ2v) is 5.70. The van der Waals surface area contributed by atoms with Gasteiger partial charge >= 0.3 is 12.1 Å². The molecule has 0 N–H and O–H groups in total. The molecule has 2 aromatic carbocycles. The van der Waals surface area contributed by atoms with Crippen molar-refractivity contribution in [2.45, 2.75) is 12.8 Å². The van der Waals surface area contributed by atoms with Gasteiger partial charge in [0.05, 0.1) is 25.3 Å². The van der Waals surface area contributed by atoms with E-state index in [2.05, 4.69) is 10.1 Å². The summed E-state index contributed by atoms with van der Waals surface area (Å²) in [6.45, 7) is -0.481. The van der Waals surface area contributed by atoms with Crippen LogP contribution < -0.4 is 9.47 Å². The Hall–Kier alpha value is -3.56. The fourth-order valence-corrected chi connectivity index (χ4v) is 2.52. The van der Waals surface area contributed by atoms with Gasteiger partial charge in [0.1, 0.15) is 0 Å². The van der Waals surface area contributed by atoms with E-state index in [9.17, 15) is 18.0 Å². The Morgan fingerprint density at radius 2 is 1.79 bits per heavy atom. The maximum Gasteiger partial charge on any atom is 0.417 e. The average Bonchev–Trinajstić information content (AvgIpc) is 3.20. The molecule has 0 aliphatic heterocycles. The second-order valence-electron chi connectivity index (χ2n) is 5.70. The monoisotopic (exact) mass is 408 g/mol. The van der Waals surface area contributed by atoms with Crippen molar-refractivity contribution >= 4 is 5.97 Å². The fourth-order valence-electron chi connectivity index (χ4n) is 2.52. The summed E-state index contributed by atoms with van der Waals surface area (Å²) >= 11 is 0. The Morgan fingerprint density at radius 1 is 1.07 bits per heavy atom. The SMILES string of the molecule is COc1ccc(-c2noc(COC(=O)c3ccccc3C(F)(F)F)n2)cc1OC. The molecule has 3 rings (SSSR count). The van der Waals surface area contributed by atoms with Gasteiger partial charge in [0.15, 0.2) is 18.1 Å². The molecule has 0 atom stereocenters. The van der Waals surface area contributed by atoms with E-state index < -0.39 is 29.9 Å². The van der Waals surface area contributed by atoms with Crippen LogP contribution in [0.5, 0.6) is 11.5 Å². The van der Waals surface area contributed by atoms with Gasteiger partial charge in [0.2, 0.25) is 5.82 Å². The van der Waals surface area contributed by atoms with Crippen LogP contribution in [0.2, 0.25) is 0 Å². The summed E-state index contributed by atoms with van der Waals surface area (Å²) in [6.07, 6.45) is -4.68. The molecule has 10 heteroatoms. The van der Waals surface area contributed by atoms with E-state index >= 15 is 0 Å². The molecule has 0 saturated heterocycles. The molecule has 0 bridgehead atoms. The van der Waals surface area contributed by atoms with Crippen LogP contribution in [0.1, 0.15) is 21.8 Å². The number of carbonyl (C=O) groups excluding carboxylic acids is 1. The number of esters is 1. The number of methoxy groups -OCH3 is 2. The third kappa shape index (κ3) is 4.48. The average molecular weight is 408 g/mol. The molecular formula is C19H15F3N2O5. The highest BCUT2D eigenvalue weighted by Crippen LogP contribution is 2.33. The summed E-state index contributed by atoms with van der Waals surface area (Å²) in [5, 5.41) is 3.77. The van der Waals surface area contributed by atoms with Crippen molar-refractivity contribution in [3.8, 4) is 22.9 Å². The lowest BCUT2D eigenvalue weighted by atomic mass is 10.1. The zero-order valence-electron chi connectivity index (χ0n) is 15.3. The summed E-state index contributed by atoms with van der Waals surface area (Å²) in [4.78, 5) is 16.1. The van der Waals surface area contributed by atoms with Gasteiger partial charge < -0.3 is 18.7 Å². The standard InChI is InChI=1S/C19H15F3N2O5/c1-26-14-8-7-11(9-15(14)27-2)17-23-16(29-24-17)10-28-18(25)12-5-3-4-6-13(12)19(20,21)22/h3-9H,10H2,1-2H3. The van der Waals surface area contributed by atoms with Crippen LogP contribution in [-0.4, -0.2) is 30.3 Å². The minimum Gasteiger partial charge on any atom is -0.493 e. The van der Waals surface area contributed by atoms with E-state index in [1.54, 1.807) is 18.2 Å². The summed E-state index contributed by atoms with van der Waals surface area (Å²) in [5.74, 6) is -0.0760. The maximum absolute atomic E-state index is 13.0. The number of halogens is 3. The molecule has 29 heavy (non-hydrogen) atoms. The number of hydrogen-bond acceptors (Lipinski definition) is 7. The van der Waals surface area contributed by atoms with Gasteiger partial charge in [-0.25, -0.2) is 4.79 Å². The zero-order valence-corrected chi connectivity index (χ0v) is 15.3. The van der Waals surface area contributed by atoms with Gasteiger partial charge in [-0.1, -0.05) is 17.3 Å². The van der Waals surface area contributed by atoms with Crippen LogP contribution in [0.4, 0.5) is 13.2 Å². The summed E-state index contributed by atoms with van der Waals surface area (Å²) in [5.41, 5.74) is -1.13. The highest BCUT2D eigenvalue weighted by molar-refractivity contribution is 5.91. The smallest absolute Gasteiger partial charge is 0.417 e. The Morgan fingerprint density at radius 3 is 2.48 bits per heavy atom. The Kier molecular flexibility index (Phi) is 5.71. The van der Waals surface area contributed by atoms with Crippen LogP contribution in [0.3, 0.4) is 0 Å². The van der Waals surface area contributed by atoms with Gasteiger partial charge in [0, 0.05) is 5.56 Å². The van der Waals surface area contributed by atoms with Crippen molar-refractivity contribution in [1.82, 2.24) is 10.1 Å². The first-order chi connectivity index (χ1) is 13.8. The van der Waals surface area contributed by atoms with Crippen molar-refractivity contribution in [1.29, 1.82) is 0 Å². The van der Waals surface area contributed by atoms with Gasteiger partial charge in [-0.3, -0.25) is 0 Å². The van der Waals surface area contributed by atoms with Gasteiger partial charge in [-0.15, -0.1) is 0 Å². The van der Waals surface area contributed by atoms with Gasteiger partial charge in [-0.2, -0.15) is 18.2 Å². The van der Waals surface area contributed by atoms with E-state index in [1.807, 2.05) is 0 Å². The number of benzene rings is 2. The molecule has 0 fully saturated rings. The number of nitrogens with zero attached hydrogens (tertiary/aromatic N) is 2. The summed E-state index contributed by atoms with van der Waals surface area (Å²) in [7, 11) is 2.97. The first-order valence-corrected chi connectivity index (χ1v) is 8.22. The second kappa shape index (κ2) is 8.21. The molecule has 0 unspecified atom stereocenters. The Labute approximate surface area is 163 Å². The quantitative estimate of drug-likeness (QED) is 0.567. The van der Waals surface area contributed by atoms with Crippen LogP contribution in [0.25, 0.3) is 11.4 Å². The molecule has 0 saturated carbocycles. The third-order valence-corrected chi connectivity index (χ3v) is 3.89. The van der Waals surface area contributed by atoms with Crippen molar-refractivity contribution < 1.29 is 36.7 Å². The number of ether oxygens (including phenoxy) is 3. The highest BCUT2D eigenvalue weighted by Gasteiger charge is 2.35. The normalized spacial score (nSPS) is 11.2. The molecule has 1 aromatic heterocycles. The zero-order chi connectivity index (χ0) is 21.0. The van der Waals surface area contributed by atoms with Gasteiger partial charge in [-0.05, 0) is 30.3 Å². The van der Waals surface area contributed by atoms with Gasteiger partial charge in [0.25, 0.3) is 5.89 Å². The molecule has 3 aromatic rings. The summed E-state index contributed by atoms with van der Waals surface area (Å²) < 4.78 is 59.3. The first-order valence-electron chi connectivity index (χ1n) is 8.22. The minimum atomic E-state index is -4.68. The van der Waals surface area contributed by atoms with Crippen LogP contribution in [-0.2, 0) is 17.5 Å². The fraction of sp³-hybridized carbons (Fsp3) is 0.211. The number of hydrogen-bond donors (Lipinski definition) is 0. The number of alkyl halides is 3. The molecule has 0 amide bonds. The number of rotatable bonds is 6. The van der Waals surface area contributed by atoms with E-state index in [1.165, 1.54) is 26.4 Å². The van der Waals surface area contributed by atoms with Crippen LogP contribution in [0.15, 0.2) is 47.0 Å². The molecule has 0 radical (unpaired) electrons. The predicted octanol–water partition coefficient (Wildman–Crippen LogP) is 4.13. The lowest BCUT2D eigenvalue weighted by Gasteiger charge is -2.11. The van der Waals surface area contributed by atoms with Crippen LogP contribution >= 0.6 is 0 Å². The van der Waals surface area contributed by atoms with E-state index in [0.29, 0.717) is 17.1 Å². The van der Waals surface area contributed by atoms with Crippen LogP contribution in [0, 0.1) is 0 Å². The lowest BCUT2D eigenvalue weighted by molar-refractivity contribution is -0.138. The van der Waals surface area contributed by atoms with Crippen molar-refractivity contribution in [3.63, 3.8) is 0 Å². The number of carbonyl (C=O) groups is 1. The topological polar surface area (TPSA) is 83.7 Å². The molecule has 0 spiro atoms. The molecular weight excluding hydrogens is 393 g/mol. The summed E-state index contributed by atoms with van der Waals surface area (Å²) in [6, 6.07) is 9.28. The van der Waals surface area contributed by atoms with Crippen molar-refractivity contribution in [2.75, 3.05) is 14.2 Å². The lowest BCUT2D eigenvalue weighted by Crippen LogP contribution is -2.15. The first kappa shape index (κ1) is 20.2. The molecule has 7 nitrogen and oxygen atoms in total. The Balaban J connectivity index is 1.73. The minimum absolute atomic E-state index is 0.0763.